The molecular formula is C15H8F10O2. The van der Waals surface area contributed by atoms with Gasteiger partial charge in [0.25, 0.3) is 0 Å². The number of aromatic hydroxyl groups is 1. The zero-order valence-corrected chi connectivity index (χ0v) is 12.7. The van der Waals surface area contributed by atoms with Gasteiger partial charge in [-0.3, -0.25) is 0 Å². The highest BCUT2D eigenvalue weighted by Gasteiger charge is 2.32. The van der Waals surface area contributed by atoms with Crippen molar-refractivity contribution in [3.05, 3.63) is 59.2 Å². The molecule has 0 amide bonds. The van der Waals surface area contributed by atoms with Gasteiger partial charge in [0.2, 0.25) is 0 Å². The summed E-state index contributed by atoms with van der Waals surface area (Å²) in [6.07, 6.45) is -9.28. The first-order valence-corrected chi connectivity index (χ1v) is 6.59. The topological polar surface area (TPSA) is 29.5 Å². The van der Waals surface area contributed by atoms with Crippen molar-refractivity contribution in [1.82, 2.24) is 0 Å². The Morgan fingerprint density at radius 2 is 1.19 bits per heavy atom. The Hall–Kier alpha value is -2.66. The fraction of sp³-hybridized carbons (Fsp3) is 0.200. The largest absolute Gasteiger partial charge is 0.505 e. The summed E-state index contributed by atoms with van der Waals surface area (Å²) in [4.78, 5) is 0. The van der Waals surface area contributed by atoms with Crippen LogP contribution in [0, 0.1) is 11.6 Å². The van der Waals surface area contributed by atoms with Gasteiger partial charge in [-0.2, -0.15) is 35.1 Å². The molecule has 2 aromatic rings. The van der Waals surface area contributed by atoms with E-state index < -0.39 is 53.2 Å². The van der Waals surface area contributed by atoms with E-state index in [1.54, 1.807) is 0 Å². The highest BCUT2D eigenvalue weighted by molar-refractivity contribution is 5.32. The third kappa shape index (κ3) is 6.87. The van der Waals surface area contributed by atoms with E-state index >= 15 is 0 Å². The van der Waals surface area contributed by atoms with Gasteiger partial charge in [0, 0.05) is 0 Å². The van der Waals surface area contributed by atoms with E-state index in [0.29, 0.717) is 30.3 Å². The highest BCUT2D eigenvalue weighted by Crippen LogP contribution is 2.33. The second-order valence-electron chi connectivity index (χ2n) is 4.69. The lowest BCUT2D eigenvalue weighted by Gasteiger charge is -2.10. The summed E-state index contributed by atoms with van der Waals surface area (Å²) in [5, 5.41) is 8.59. The van der Waals surface area contributed by atoms with Gasteiger partial charge in [0.15, 0.2) is 23.1 Å². The zero-order chi connectivity index (χ0) is 21.0. The summed E-state index contributed by atoms with van der Waals surface area (Å²) in [6.45, 7) is -3.37. The predicted octanol–water partition coefficient (Wildman–Crippen LogP) is 6.00. The van der Waals surface area contributed by atoms with E-state index in [1.807, 2.05) is 0 Å². The molecule has 12 heteroatoms. The van der Waals surface area contributed by atoms with Crippen molar-refractivity contribution in [1.29, 1.82) is 0 Å². The molecule has 0 aliphatic rings. The second-order valence-corrected chi connectivity index (χ2v) is 4.69. The molecule has 0 unspecified atom stereocenters. The molecule has 0 saturated carbocycles. The molecule has 2 rings (SSSR count). The van der Waals surface area contributed by atoms with Crippen LogP contribution >= 0.6 is 0 Å². The molecule has 0 radical (unpaired) electrons. The lowest BCUT2D eigenvalue weighted by molar-refractivity contribution is -0.138. The van der Waals surface area contributed by atoms with E-state index in [2.05, 4.69) is 4.74 Å². The Morgan fingerprint density at radius 1 is 0.741 bits per heavy atom. The Bertz CT molecular complexity index is 768. The maximum atomic E-state index is 12.7. The Morgan fingerprint density at radius 3 is 1.59 bits per heavy atom. The normalized spacial score (nSPS) is 11.8. The molecule has 0 bridgehead atoms. The molecule has 0 atom stereocenters. The van der Waals surface area contributed by atoms with Gasteiger partial charge in [-0.15, -0.1) is 0 Å². The minimum absolute atomic E-state index is 0.182. The van der Waals surface area contributed by atoms with Gasteiger partial charge in [-0.05, 0) is 36.4 Å². The van der Waals surface area contributed by atoms with Crippen molar-refractivity contribution in [2.75, 3.05) is 0 Å². The molecule has 0 aliphatic heterocycles. The van der Waals surface area contributed by atoms with Crippen molar-refractivity contribution in [3.8, 4) is 11.5 Å². The molecule has 2 aromatic carbocycles. The van der Waals surface area contributed by atoms with Crippen molar-refractivity contribution in [2.24, 2.45) is 0 Å². The number of hydrogen-bond donors (Lipinski definition) is 1. The molecule has 0 spiro atoms. The van der Waals surface area contributed by atoms with Crippen LogP contribution in [0.1, 0.15) is 11.1 Å². The first kappa shape index (κ1) is 22.4. The standard InChI is InChI=1S/C8H4F6O.C7H4F4O/c9-5-2-1-4(8(12,13)14)3-6(5)15-7(10)11;8-5-2-1-4(3-6(5)12)7(9,10)11/h1-3,7H;1-3,12H. The molecule has 0 aromatic heterocycles. The Balaban J connectivity index is 0.000000277. The Labute approximate surface area is 144 Å². The van der Waals surface area contributed by atoms with Crippen LogP contribution in [0.3, 0.4) is 0 Å². The van der Waals surface area contributed by atoms with Crippen LogP contribution in [-0.2, 0) is 12.4 Å². The van der Waals surface area contributed by atoms with Crippen LogP contribution < -0.4 is 4.74 Å². The number of alkyl halides is 8. The number of rotatable bonds is 2. The lowest BCUT2D eigenvalue weighted by Crippen LogP contribution is -2.08. The van der Waals surface area contributed by atoms with E-state index in [4.69, 9.17) is 5.11 Å². The van der Waals surface area contributed by atoms with Gasteiger partial charge >= 0.3 is 19.0 Å². The molecule has 0 heterocycles. The van der Waals surface area contributed by atoms with Gasteiger partial charge in [-0.25, -0.2) is 8.78 Å². The van der Waals surface area contributed by atoms with Crippen LogP contribution in [0.25, 0.3) is 0 Å². The van der Waals surface area contributed by atoms with E-state index in [0.717, 1.165) is 0 Å². The molecule has 1 N–H and O–H groups in total. The summed E-state index contributed by atoms with van der Waals surface area (Å²) in [7, 11) is 0. The average Bonchev–Trinajstić information content (AvgIpc) is 2.50. The van der Waals surface area contributed by atoms with Crippen molar-refractivity contribution < 1.29 is 53.7 Å². The molecule has 27 heavy (non-hydrogen) atoms. The summed E-state index contributed by atoms with van der Waals surface area (Å²) >= 11 is 0. The number of phenolic OH excluding ortho intramolecular Hbond substituents is 1. The minimum Gasteiger partial charge on any atom is -0.505 e. The molecule has 150 valence electrons. The summed E-state index contributed by atoms with van der Waals surface area (Å²) in [5.74, 6) is -4.46. The lowest BCUT2D eigenvalue weighted by atomic mass is 10.2. The monoisotopic (exact) mass is 410 g/mol. The summed E-state index contributed by atoms with van der Waals surface area (Å²) in [6, 6.07) is 2.51. The number of halogens is 10. The van der Waals surface area contributed by atoms with Crippen LogP contribution in [0.2, 0.25) is 0 Å². The molecular weight excluding hydrogens is 402 g/mol. The number of hydrogen-bond acceptors (Lipinski definition) is 2. The highest BCUT2D eigenvalue weighted by atomic mass is 19.4. The third-order valence-electron chi connectivity index (χ3n) is 2.75. The van der Waals surface area contributed by atoms with Gasteiger partial charge in [0.1, 0.15) is 0 Å². The third-order valence-corrected chi connectivity index (χ3v) is 2.75. The quantitative estimate of drug-likeness (QED) is 0.616. The average molecular weight is 410 g/mol. The number of phenols is 1. The first-order valence-electron chi connectivity index (χ1n) is 6.59. The van der Waals surface area contributed by atoms with Crippen molar-refractivity contribution in [3.63, 3.8) is 0 Å². The van der Waals surface area contributed by atoms with E-state index in [9.17, 15) is 43.9 Å². The molecule has 2 nitrogen and oxygen atoms in total. The van der Waals surface area contributed by atoms with E-state index in [1.165, 1.54) is 0 Å². The summed E-state index contributed by atoms with van der Waals surface area (Å²) < 4.78 is 124. The van der Waals surface area contributed by atoms with Crippen LogP contribution in [-0.4, -0.2) is 11.7 Å². The molecule has 0 fully saturated rings. The fourth-order valence-corrected chi connectivity index (χ4v) is 1.55. The second kappa shape index (κ2) is 8.35. The van der Waals surface area contributed by atoms with Crippen LogP contribution in [0.15, 0.2) is 36.4 Å². The van der Waals surface area contributed by atoms with Crippen LogP contribution in [0.5, 0.6) is 11.5 Å². The van der Waals surface area contributed by atoms with Gasteiger partial charge in [-0.1, -0.05) is 0 Å². The Kier molecular flexibility index (Phi) is 6.93. The first-order chi connectivity index (χ1) is 12.2. The SMILES string of the molecule is Fc1ccc(C(F)(F)F)cc1OC(F)F.Oc1cc(C(F)(F)F)ccc1F. The zero-order valence-electron chi connectivity index (χ0n) is 12.7. The van der Waals surface area contributed by atoms with E-state index in [-0.39, 0.29) is 6.07 Å². The number of benzene rings is 2. The fourth-order valence-electron chi connectivity index (χ4n) is 1.55. The summed E-state index contributed by atoms with van der Waals surface area (Å²) in [5.41, 5.74) is -2.32. The molecule has 0 aliphatic carbocycles. The van der Waals surface area contributed by atoms with Gasteiger partial charge < -0.3 is 9.84 Å². The minimum atomic E-state index is -4.73. The molecule has 0 saturated heterocycles. The smallest absolute Gasteiger partial charge is 0.416 e. The van der Waals surface area contributed by atoms with Crippen LogP contribution in [0.4, 0.5) is 43.9 Å². The maximum Gasteiger partial charge on any atom is 0.416 e. The van der Waals surface area contributed by atoms with Gasteiger partial charge in [0.05, 0.1) is 11.1 Å². The maximum absolute atomic E-state index is 12.7. The van der Waals surface area contributed by atoms with Crippen molar-refractivity contribution >= 4 is 0 Å². The predicted molar refractivity (Wildman–Crippen MR) is 71.1 cm³/mol. The van der Waals surface area contributed by atoms with Crippen molar-refractivity contribution in [2.45, 2.75) is 19.0 Å². The number of ether oxygens (including phenoxy) is 1.